The zero-order valence-corrected chi connectivity index (χ0v) is 18.8. The number of nitrogens with zero attached hydrogens (tertiary/aromatic N) is 2. The Kier molecular flexibility index (Phi) is 6.64. The molecule has 1 aromatic heterocycles. The quantitative estimate of drug-likeness (QED) is 0.599. The van der Waals surface area contributed by atoms with Crippen molar-refractivity contribution in [2.24, 2.45) is 0 Å². The summed E-state index contributed by atoms with van der Waals surface area (Å²) < 4.78 is 5.81. The number of carbonyl (C=O) groups excluding carboxylic acids is 2. The highest BCUT2D eigenvalue weighted by atomic mass is 32.1. The smallest absolute Gasteiger partial charge is 0.255 e. The number of nitrogens with one attached hydrogen (secondary N) is 1. The molecule has 3 aromatic rings. The number of amides is 2. The Balaban J connectivity index is 1.50. The minimum atomic E-state index is -0.509. The normalized spacial score (nSPS) is 18.6. The van der Waals surface area contributed by atoms with Crippen molar-refractivity contribution in [2.45, 2.75) is 32.5 Å². The van der Waals surface area contributed by atoms with Gasteiger partial charge in [-0.25, -0.2) is 4.98 Å². The van der Waals surface area contributed by atoms with Crippen LogP contribution < -0.4 is 5.32 Å². The number of thiazole rings is 1. The Morgan fingerprint density at radius 2 is 1.97 bits per heavy atom. The highest BCUT2D eigenvalue weighted by Crippen LogP contribution is 2.31. The molecule has 2 amide bonds. The van der Waals surface area contributed by atoms with Crippen molar-refractivity contribution in [1.29, 1.82) is 0 Å². The van der Waals surface area contributed by atoms with Crippen molar-refractivity contribution >= 4 is 28.8 Å². The third kappa shape index (κ3) is 4.57. The highest BCUT2D eigenvalue weighted by Gasteiger charge is 2.37. The topological polar surface area (TPSA) is 91.8 Å². The van der Waals surface area contributed by atoms with Gasteiger partial charge in [0.1, 0.15) is 12.7 Å². The SMILES string of the molecule is Cc1ccccc1C(=O)Nc1ccc(C2OCC(=O)N(Cc3scnc3C)C2CO)cc1. The van der Waals surface area contributed by atoms with Gasteiger partial charge in [-0.05, 0) is 43.2 Å². The number of aliphatic hydroxyl groups is 1. The summed E-state index contributed by atoms with van der Waals surface area (Å²) >= 11 is 1.49. The van der Waals surface area contributed by atoms with E-state index in [1.54, 1.807) is 28.6 Å². The van der Waals surface area contributed by atoms with Gasteiger partial charge in [0.2, 0.25) is 5.91 Å². The molecule has 4 rings (SSSR count). The monoisotopic (exact) mass is 451 g/mol. The first-order valence-electron chi connectivity index (χ1n) is 10.4. The summed E-state index contributed by atoms with van der Waals surface area (Å²) in [7, 11) is 0. The summed E-state index contributed by atoms with van der Waals surface area (Å²) in [5, 5.41) is 13.0. The van der Waals surface area contributed by atoms with Crippen LogP contribution >= 0.6 is 11.3 Å². The maximum absolute atomic E-state index is 12.6. The van der Waals surface area contributed by atoms with Crippen molar-refractivity contribution in [3.63, 3.8) is 0 Å². The molecule has 2 unspecified atom stereocenters. The lowest BCUT2D eigenvalue weighted by Crippen LogP contribution is -2.52. The van der Waals surface area contributed by atoms with Crippen molar-refractivity contribution in [3.8, 4) is 0 Å². The van der Waals surface area contributed by atoms with E-state index in [2.05, 4.69) is 10.3 Å². The molecule has 1 fully saturated rings. The van der Waals surface area contributed by atoms with Gasteiger partial charge in [0, 0.05) is 16.1 Å². The Labute approximate surface area is 190 Å². The molecule has 0 bridgehead atoms. The zero-order chi connectivity index (χ0) is 22.7. The molecule has 0 radical (unpaired) electrons. The Morgan fingerprint density at radius 1 is 1.22 bits per heavy atom. The van der Waals surface area contributed by atoms with Crippen LogP contribution in [0.3, 0.4) is 0 Å². The van der Waals surface area contributed by atoms with Crippen molar-refractivity contribution in [1.82, 2.24) is 9.88 Å². The first-order chi connectivity index (χ1) is 15.5. The molecule has 2 aromatic carbocycles. The van der Waals surface area contributed by atoms with E-state index < -0.39 is 12.1 Å². The second-order valence-corrected chi connectivity index (χ2v) is 8.69. The van der Waals surface area contributed by atoms with Gasteiger partial charge in [0.15, 0.2) is 0 Å². The van der Waals surface area contributed by atoms with Gasteiger partial charge >= 0.3 is 0 Å². The number of anilines is 1. The fourth-order valence-electron chi connectivity index (χ4n) is 3.84. The van der Waals surface area contributed by atoms with Gasteiger partial charge in [-0.3, -0.25) is 9.59 Å². The number of aryl methyl sites for hydroxylation is 2. The summed E-state index contributed by atoms with van der Waals surface area (Å²) in [5.41, 5.74) is 5.66. The first-order valence-corrected chi connectivity index (χ1v) is 11.2. The molecule has 32 heavy (non-hydrogen) atoms. The second-order valence-electron chi connectivity index (χ2n) is 7.76. The number of aromatic nitrogens is 1. The highest BCUT2D eigenvalue weighted by molar-refractivity contribution is 7.09. The molecule has 1 aliphatic rings. The van der Waals surface area contributed by atoms with Crippen molar-refractivity contribution < 1.29 is 19.4 Å². The van der Waals surface area contributed by atoms with E-state index >= 15 is 0 Å². The largest absolute Gasteiger partial charge is 0.394 e. The summed E-state index contributed by atoms with van der Waals surface area (Å²) in [6.07, 6.45) is -0.466. The van der Waals surface area contributed by atoms with Crippen molar-refractivity contribution in [2.75, 3.05) is 18.5 Å². The first kappa shape index (κ1) is 22.1. The van der Waals surface area contributed by atoms with E-state index in [0.29, 0.717) is 17.8 Å². The Morgan fingerprint density at radius 3 is 2.62 bits per heavy atom. The predicted octanol–water partition coefficient (Wildman–Crippen LogP) is 3.47. The third-order valence-corrected chi connectivity index (χ3v) is 6.61. The average molecular weight is 452 g/mol. The molecule has 8 heteroatoms. The lowest BCUT2D eigenvalue weighted by Gasteiger charge is -2.40. The average Bonchev–Trinajstić information content (AvgIpc) is 3.20. The molecule has 2 heterocycles. The van der Waals surface area contributed by atoms with Crippen LogP contribution in [0.4, 0.5) is 5.69 Å². The van der Waals surface area contributed by atoms with Crippen LogP contribution in [0.5, 0.6) is 0 Å². The van der Waals surface area contributed by atoms with E-state index in [1.807, 2.05) is 44.2 Å². The van der Waals surface area contributed by atoms with Gasteiger partial charge in [0.25, 0.3) is 5.91 Å². The van der Waals surface area contributed by atoms with E-state index in [4.69, 9.17) is 4.74 Å². The fourth-order valence-corrected chi connectivity index (χ4v) is 4.61. The van der Waals surface area contributed by atoms with Crippen LogP contribution in [0.15, 0.2) is 54.0 Å². The third-order valence-electron chi connectivity index (χ3n) is 5.69. The molecule has 1 saturated heterocycles. The number of benzene rings is 2. The molecule has 2 N–H and O–H groups in total. The lowest BCUT2D eigenvalue weighted by molar-refractivity contribution is -0.161. The standard InChI is InChI=1S/C24H25N3O4S/c1-15-5-3-4-6-19(15)24(30)26-18-9-7-17(8-10-18)23-20(12-28)27(22(29)13-31-23)11-21-16(2)25-14-32-21/h3-10,14,20,23,28H,11-13H2,1-2H3,(H,26,30). The Hall–Kier alpha value is -3.07. The maximum atomic E-state index is 12.6. The number of hydrogen-bond acceptors (Lipinski definition) is 6. The van der Waals surface area contributed by atoms with E-state index in [0.717, 1.165) is 21.7 Å². The van der Waals surface area contributed by atoms with Crippen LogP contribution in [0.25, 0.3) is 0 Å². The van der Waals surface area contributed by atoms with Crippen molar-refractivity contribution in [3.05, 3.63) is 81.3 Å². The molecule has 0 aliphatic carbocycles. The number of aliphatic hydroxyl groups excluding tert-OH is 1. The van der Waals surface area contributed by atoms with Gasteiger partial charge < -0.3 is 20.1 Å². The second kappa shape index (κ2) is 9.60. The minimum Gasteiger partial charge on any atom is -0.394 e. The van der Waals surface area contributed by atoms with E-state index in [1.165, 1.54) is 11.3 Å². The van der Waals surface area contributed by atoms with Crippen LogP contribution in [-0.2, 0) is 16.1 Å². The van der Waals surface area contributed by atoms with Gasteiger partial charge in [-0.2, -0.15) is 0 Å². The molecule has 1 aliphatic heterocycles. The van der Waals surface area contributed by atoms with Crippen LogP contribution in [0.2, 0.25) is 0 Å². The number of morpholine rings is 1. The molecule has 7 nitrogen and oxygen atoms in total. The summed E-state index contributed by atoms with van der Waals surface area (Å²) in [6.45, 7) is 3.93. The van der Waals surface area contributed by atoms with Gasteiger partial charge in [-0.1, -0.05) is 30.3 Å². The van der Waals surface area contributed by atoms with Crippen LogP contribution in [0, 0.1) is 13.8 Å². The molecule has 2 atom stereocenters. The lowest BCUT2D eigenvalue weighted by atomic mass is 9.99. The number of carbonyl (C=O) groups is 2. The predicted molar refractivity (Wildman–Crippen MR) is 123 cm³/mol. The number of rotatable bonds is 6. The van der Waals surface area contributed by atoms with Crippen LogP contribution in [0.1, 0.15) is 38.2 Å². The minimum absolute atomic E-state index is 0.0508. The molecular formula is C24H25N3O4S. The summed E-state index contributed by atoms with van der Waals surface area (Å²) in [5.74, 6) is -0.329. The maximum Gasteiger partial charge on any atom is 0.255 e. The molecular weight excluding hydrogens is 426 g/mol. The summed E-state index contributed by atoms with van der Waals surface area (Å²) in [4.78, 5) is 32.0. The van der Waals surface area contributed by atoms with E-state index in [-0.39, 0.29) is 25.0 Å². The Bertz CT molecular complexity index is 1110. The molecule has 0 spiro atoms. The van der Waals surface area contributed by atoms with E-state index in [9.17, 15) is 14.7 Å². The fraction of sp³-hybridized carbons (Fsp3) is 0.292. The van der Waals surface area contributed by atoms with Gasteiger partial charge in [-0.15, -0.1) is 11.3 Å². The summed E-state index contributed by atoms with van der Waals surface area (Å²) in [6, 6.07) is 14.2. The zero-order valence-electron chi connectivity index (χ0n) is 17.9. The number of ether oxygens (including phenoxy) is 1. The molecule has 0 saturated carbocycles. The number of hydrogen-bond donors (Lipinski definition) is 2. The van der Waals surface area contributed by atoms with Crippen LogP contribution in [-0.4, -0.2) is 46.1 Å². The van der Waals surface area contributed by atoms with Gasteiger partial charge in [0.05, 0.1) is 30.4 Å². The molecule has 166 valence electrons.